The fourth-order valence-electron chi connectivity index (χ4n) is 1.74. The summed E-state index contributed by atoms with van der Waals surface area (Å²) in [5, 5.41) is 3.51. The van der Waals surface area contributed by atoms with Crippen LogP contribution in [0.1, 0.15) is 16.9 Å². The Morgan fingerprint density at radius 1 is 1.56 bits per heavy atom. The Kier molecular flexibility index (Phi) is 3.36. The fourth-order valence-corrected chi connectivity index (χ4v) is 1.84. The van der Waals surface area contributed by atoms with E-state index in [4.69, 9.17) is 11.6 Å². The summed E-state index contributed by atoms with van der Waals surface area (Å²) in [4.78, 5) is 21.5. The number of carbonyl (C=O) groups excluding carboxylic acids is 1. The summed E-state index contributed by atoms with van der Waals surface area (Å²) in [6, 6.07) is 0.241. The first-order valence-electron chi connectivity index (χ1n) is 5.14. The highest BCUT2D eigenvalue weighted by Gasteiger charge is 2.24. The van der Waals surface area contributed by atoms with Gasteiger partial charge in [-0.1, -0.05) is 11.6 Å². The average molecular weight is 241 g/mol. The summed E-state index contributed by atoms with van der Waals surface area (Å²) in [6.45, 7) is 1.79. The first-order valence-corrected chi connectivity index (χ1v) is 5.51. The fraction of sp³-hybridized carbons (Fsp3) is 0.500. The lowest BCUT2D eigenvalue weighted by atomic mass is 10.2. The first kappa shape index (κ1) is 11.3. The minimum atomic E-state index is -0.113. The molecule has 1 aliphatic heterocycles. The molecule has 1 amide bonds. The maximum Gasteiger partial charge on any atom is 0.274 e. The summed E-state index contributed by atoms with van der Waals surface area (Å²) in [5.41, 5.74) is 0.332. The van der Waals surface area contributed by atoms with Gasteiger partial charge in [-0.05, 0) is 13.0 Å². The van der Waals surface area contributed by atoms with Gasteiger partial charge in [-0.3, -0.25) is 4.79 Å². The maximum absolute atomic E-state index is 12.0. The van der Waals surface area contributed by atoms with E-state index in [1.165, 1.54) is 12.4 Å². The SMILES string of the molecule is CN(C(=O)c1cnc(Cl)cn1)C1CCNC1. The molecule has 6 heteroatoms. The molecule has 1 N–H and O–H groups in total. The third-order valence-electron chi connectivity index (χ3n) is 2.74. The van der Waals surface area contributed by atoms with Gasteiger partial charge in [0.2, 0.25) is 0 Å². The Bertz CT molecular complexity index is 375. The molecule has 5 nitrogen and oxygen atoms in total. The molecule has 0 radical (unpaired) electrons. The highest BCUT2D eigenvalue weighted by Crippen LogP contribution is 2.10. The van der Waals surface area contributed by atoms with Crippen molar-refractivity contribution in [2.45, 2.75) is 12.5 Å². The number of hydrogen-bond acceptors (Lipinski definition) is 4. The van der Waals surface area contributed by atoms with Crippen molar-refractivity contribution >= 4 is 17.5 Å². The van der Waals surface area contributed by atoms with Crippen LogP contribution in [0, 0.1) is 0 Å². The normalized spacial score (nSPS) is 19.8. The molecule has 16 heavy (non-hydrogen) atoms. The van der Waals surface area contributed by atoms with Crippen LogP contribution in [-0.4, -0.2) is 47.0 Å². The van der Waals surface area contributed by atoms with Crippen LogP contribution in [0.15, 0.2) is 12.4 Å². The van der Waals surface area contributed by atoms with Crippen molar-refractivity contribution in [3.63, 3.8) is 0 Å². The molecule has 1 fully saturated rings. The molecule has 0 spiro atoms. The molecule has 0 aromatic carbocycles. The van der Waals surface area contributed by atoms with E-state index in [9.17, 15) is 4.79 Å². The monoisotopic (exact) mass is 240 g/mol. The average Bonchev–Trinajstić information content (AvgIpc) is 2.81. The minimum absolute atomic E-state index is 0.113. The third-order valence-corrected chi connectivity index (χ3v) is 2.94. The van der Waals surface area contributed by atoms with E-state index in [0.29, 0.717) is 10.8 Å². The molecule has 2 rings (SSSR count). The van der Waals surface area contributed by atoms with Crippen LogP contribution in [0.3, 0.4) is 0 Å². The summed E-state index contributed by atoms with van der Waals surface area (Å²) in [6.07, 6.45) is 3.77. The van der Waals surface area contributed by atoms with Gasteiger partial charge in [0.05, 0.1) is 12.4 Å². The van der Waals surface area contributed by atoms with Crippen LogP contribution in [0.25, 0.3) is 0 Å². The van der Waals surface area contributed by atoms with E-state index in [2.05, 4.69) is 15.3 Å². The second kappa shape index (κ2) is 4.76. The van der Waals surface area contributed by atoms with Gasteiger partial charge in [-0.25, -0.2) is 9.97 Å². The molecular formula is C10H13ClN4O. The lowest BCUT2D eigenvalue weighted by Crippen LogP contribution is -2.38. The number of carbonyl (C=O) groups is 1. The van der Waals surface area contributed by atoms with Crippen molar-refractivity contribution in [3.8, 4) is 0 Å². The first-order chi connectivity index (χ1) is 7.68. The Morgan fingerprint density at radius 2 is 2.38 bits per heavy atom. The van der Waals surface area contributed by atoms with Crippen molar-refractivity contribution in [1.29, 1.82) is 0 Å². The molecule has 2 heterocycles. The van der Waals surface area contributed by atoms with Crippen molar-refractivity contribution < 1.29 is 4.79 Å². The zero-order chi connectivity index (χ0) is 11.5. The summed E-state index contributed by atoms with van der Waals surface area (Å²) >= 11 is 5.61. The van der Waals surface area contributed by atoms with Gasteiger partial charge < -0.3 is 10.2 Å². The zero-order valence-electron chi connectivity index (χ0n) is 8.98. The Hall–Kier alpha value is -1.20. The third kappa shape index (κ3) is 2.31. The standard InChI is InChI=1S/C10H13ClN4O/c1-15(7-2-3-12-4-7)10(16)8-5-14-9(11)6-13-8/h5-7,12H,2-4H2,1H3. The van der Waals surface area contributed by atoms with E-state index in [-0.39, 0.29) is 11.9 Å². The molecule has 1 saturated heterocycles. The van der Waals surface area contributed by atoms with Gasteiger partial charge in [0.25, 0.3) is 5.91 Å². The topological polar surface area (TPSA) is 58.1 Å². The van der Waals surface area contributed by atoms with E-state index >= 15 is 0 Å². The molecule has 0 saturated carbocycles. The number of aromatic nitrogens is 2. The molecular weight excluding hydrogens is 228 g/mol. The maximum atomic E-state index is 12.0. The Labute approximate surface area is 98.8 Å². The zero-order valence-corrected chi connectivity index (χ0v) is 9.74. The van der Waals surface area contributed by atoms with Crippen LogP contribution < -0.4 is 5.32 Å². The van der Waals surface area contributed by atoms with Crippen LogP contribution in [0.2, 0.25) is 5.15 Å². The molecule has 1 atom stereocenters. The number of nitrogens with zero attached hydrogens (tertiary/aromatic N) is 3. The van der Waals surface area contributed by atoms with Gasteiger partial charge in [0, 0.05) is 19.6 Å². The van der Waals surface area contributed by atoms with Gasteiger partial charge in [0.1, 0.15) is 10.8 Å². The number of rotatable bonds is 2. The highest BCUT2D eigenvalue weighted by atomic mass is 35.5. The van der Waals surface area contributed by atoms with E-state index in [0.717, 1.165) is 19.5 Å². The summed E-state index contributed by atoms with van der Waals surface area (Å²) in [7, 11) is 1.79. The largest absolute Gasteiger partial charge is 0.336 e. The van der Waals surface area contributed by atoms with Gasteiger partial charge in [-0.2, -0.15) is 0 Å². The van der Waals surface area contributed by atoms with Crippen molar-refractivity contribution in [2.75, 3.05) is 20.1 Å². The smallest absolute Gasteiger partial charge is 0.274 e. The van der Waals surface area contributed by atoms with Gasteiger partial charge in [0.15, 0.2) is 0 Å². The second-order valence-corrected chi connectivity index (χ2v) is 4.17. The number of nitrogens with one attached hydrogen (secondary N) is 1. The predicted octanol–water partition coefficient (Wildman–Crippen LogP) is 0.564. The predicted molar refractivity (Wildman–Crippen MR) is 60.4 cm³/mol. The van der Waals surface area contributed by atoms with Crippen LogP contribution in [-0.2, 0) is 0 Å². The van der Waals surface area contributed by atoms with E-state index in [1.54, 1.807) is 11.9 Å². The molecule has 0 bridgehead atoms. The van der Waals surface area contributed by atoms with Gasteiger partial charge >= 0.3 is 0 Å². The van der Waals surface area contributed by atoms with Crippen LogP contribution in [0.4, 0.5) is 0 Å². The van der Waals surface area contributed by atoms with Crippen molar-refractivity contribution in [3.05, 3.63) is 23.2 Å². The molecule has 1 aromatic rings. The quantitative estimate of drug-likeness (QED) is 0.821. The minimum Gasteiger partial charge on any atom is -0.336 e. The number of amides is 1. The van der Waals surface area contributed by atoms with E-state index in [1.807, 2.05) is 0 Å². The second-order valence-electron chi connectivity index (χ2n) is 3.79. The number of hydrogen-bond donors (Lipinski definition) is 1. The molecule has 86 valence electrons. The summed E-state index contributed by atoms with van der Waals surface area (Å²) < 4.78 is 0. The van der Waals surface area contributed by atoms with E-state index < -0.39 is 0 Å². The van der Waals surface area contributed by atoms with Crippen LogP contribution >= 0.6 is 11.6 Å². The Balaban J connectivity index is 2.08. The lowest BCUT2D eigenvalue weighted by molar-refractivity contribution is 0.0737. The summed E-state index contributed by atoms with van der Waals surface area (Å²) in [5.74, 6) is -0.113. The van der Waals surface area contributed by atoms with Gasteiger partial charge in [-0.15, -0.1) is 0 Å². The molecule has 0 aliphatic carbocycles. The highest BCUT2D eigenvalue weighted by molar-refractivity contribution is 6.29. The number of likely N-dealkylation sites (N-methyl/N-ethyl adjacent to an activating group) is 1. The van der Waals surface area contributed by atoms with Crippen molar-refractivity contribution in [1.82, 2.24) is 20.2 Å². The Morgan fingerprint density at radius 3 is 2.94 bits per heavy atom. The van der Waals surface area contributed by atoms with Crippen molar-refractivity contribution in [2.24, 2.45) is 0 Å². The van der Waals surface area contributed by atoms with Crippen LogP contribution in [0.5, 0.6) is 0 Å². The molecule has 1 aromatic heterocycles. The molecule has 1 aliphatic rings. The molecule has 1 unspecified atom stereocenters. The number of halogens is 1. The lowest BCUT2D eigenvalue weighted by Gasteiger charge is -2.23.